The summed E-state index contributed by atoms with van der Waals surface area (Å²) in [5.41, 5.74) is 7.47. The predicted molar refractivity (Wildman–Crippen MR) is 129 cm³/mol. The Labute approximate surface area is 197 Å². The van der Waals surface area contributed by atoms with Gasteiger partial charge in [0.15, 0.2) is 0 Å². The number of amidine groups is 1. The summed E-state index contributed by atoms with van der Waals surface area (Å²) in [7, 11) is 0. The number of nitrogens with zero attached hydrogens (tertiary/aromatic N) is 2. The molecule has 0 spiro atoms. The fourth-order valence-corrected chi connectivity index (χ4v) is 4.62. The molecule has 2 aliphatic rings. The van der Waals surface area contributed by atoms with Crippen LogP contribution in [0.3, 0.4) is 0 Å². The van der Waals surface area contributed by atoms with Crippen molar-refractivity contribution >= 4 is 18.2 Å². The van der Waals surface area contributed by atoms with Crippen LogP contribution in [-0.4, -0.2) is 29.2 Å². The Morgan fingerprint density at radius 3 is 2.66 bits per heavy atom. The van der Waals surface area contributed by atoms with Crippen molar-refractivity contribution in [1.29, 1.82) is 5.41 Å². The summed E-state index contributed by atoms with van der Waals surface area (Å²) in [6.45, 7) is 1.88. The summed E-state index contributed by atoms with van der Waals surface area (Å²) in [5.74, 6) is 2.00. The summed E-state index contributed by atoms with van der Waals surface area (Å²) in [4.78, 5) is 4.54. The standard InChI is InChI=1S/C25H36N4O2.ClH/c26-23(27)25(14-15-25)24-28-22(29-31-24)21-13-8-12-19(17-21)9-4-1-2-7-16-30-18-20-10-5-3-6-11-20;/h8,12-13,17,20H,1-7,9-11,14-16,18H2,(H3,26,27);1H. The van der Waals surface area contributed by atoms with Crippen LogP contribution >= 0.6 is 12.4 Å². The Kier molecular flexibility index (Phi) is 9.11. The van der Waals surface area contributed by atoms with Crippen molar-refractivity contribution in [2.24, 2.45) is 11.7 Å². The number of benzene rings is 1. The third-order valence-electron chi connectivity index (χ3n) is 6.87. The third-order valence-corrected chi connectivity index (χ3v) is 6.87. The molecule has 0 amide bonds. The van der Waals surface area contributed by atoms with Crippen LogP contribution in [-0.2, 0) is 16.6 Å². The maximum absolute atomic E-state index is 7.78. The van der Waals surface area contributed by atoms with E-state index in [9.17, 15) is 0 Å². The molecule has 2 saturated carbocycles. The van der Waals surface area contributed by atoms with Crippen LogP contribution in [0.25, 0.3) is 11.4 Å². The van der Waals surface area contributed by atoms with Gasteiger partial charge in [-0.15, -0.1) is 12.4 Å². The second-order valence-corrected chi connectivity index (χ2v) is 9.36. The topological polar surface area (TPSA) is 98.0 Å². The van der Waals surface area contributed by atoms with Gasteiger partial charge in [-0.3, -0.25) is 5.41 Å². The molecule has 3 N–H and O–H groups in total. The number of aryl methyl sites for hydroxylation is 1. The van der Waals surface area contributed by atoms with Crippen molar-refractivity contribution in [2.45, 2.75) is 82.5 Å². The second kappa shape index (κ2) is 11.8. The molecule has 0 atom stereocenters. The van der Waals surface area contributed by atoms with Gasteiger partial charge in [-0.2, -0.15) is 4.98 Å². The minimum Gasteiger partial charge on any atom is -0.387 e. The fourth-order valence-electron chi connectivity index (χ4n) is 4.62. The van der Waals surface area contributed by atoms with Crippen molar-refractivity contribution in [3.8, 4) is 11.4 Å². The highest BCUT2D eigenvalue weighted by molar-refractivity contribution is 5.91. The maximum atomic E-state index is 7.78. The largest absolute Gasteiger partial charge is 0.387 e. The molecule has 1 aromatic heterocycles. The fraction of sp³-hybridized carbons (Fsp3) is 0.640. The molecule has 4 rings (SSSR count). The molecule has 1 heterocycles. The van der Waals surface area contributed by atoms with Crippen molar-refractivity contribution in [3.63, 3.8) is 0 Å². The van der Waals surface area contributed by atoms with Crippen LogP contribution in [0.1, 0.15) is 82.1 Å². The van der Waals surface area contributed by atoms with Crippen molar-refractivity contribution in [2.75, 3.05) is 13.2 Å². The van der Waals surface area contributed by atoms with E-state index in [1.807, 2.05) is 6.07 Å². The Bertz CT molecular complexity index is 859. The SMILES string of the molecule is Cl.N=C(N)C1(c2nc(-c3cccc(CCCCCCOCC4CCCCC4)c3)no2)CC1. The zero-order valence-electron chi connectivity index (χ0n) is 19.0. The number of hydrogen-bond donors (Lipinski definition) is 2. The number of ether oxygens (including phenoxy) is 1. The van der Waals surface area contributed by atoms with Gasteiger partial charge in [0.25, 0.3) is 0 Å². The molecule has 0 aliphatic heterocycles. The molecule has 0 radical (unpaired) electrons. The maximum Gasteiger partial charge on any atom is 0.240 e. The number of rotatable bonds is 12. The van der Waals surface area contributed by atoms with Crippen molar-refractivity contribution in [3.05, 3.63) is 35.7 Å². The minimum atomic E-state index is -0.511. The number of nitrogens with one attached hydrogen (secondary N) is 1. The third kappa shape index (κ3) is 6.32. The summed E-state index contributed by atoms with van der Waals surface area (Å²) >= 11 is 0. The van der Waals surface area contributed by atoms with E-state index in [-0.39, 0.29) is 18.2 Å². The molecular formula is C25H37ClN4O2. The first-order valence-electron chi connectivity index (χ1n) is 12.0. The molecule has 0 saturated heterocycles. The second-order valence-electron chi connectivity index (χ2n) is 9.36. The predicted octanol–water partition coefficient (Wildman–Crippen LogP) is 5.83. The average molecular weight is 461 g/mol. The van der Waals surface area contributed by atoms with Gasteiger partial charge in [-0.1, -0.05) is 55.5 Å². The van der Waals surface area contributed by atoms with Gasteiger partial charge in [0.05, 0.1) is 0 Å². The molecule has 0 unspecified atom stereocenters. The minimum absolute atomic E-state index is 0. The molecule has 32 heavy (non-hydrogen) atoms. The summed E-state index contributed by atoms with van der Waals surface area (Å²) in [6, 6.07) is 8.37. The highest BCUT2D eigenvalue weighted by Gasteiger charge is 2.52. The molecule has 6 nitrogen and oxygen atoms in total. The first-order chi connectivity index (χ1) is 15.2. The van der Waals surface area contributed by atoms with Crippen LogP contribution in [0.2, 0.25) is 0 Å². The van der Waals surface area contributed by atoms with E-state index in [0.29, 0.717) is 11.7 Å². The number of aromatic nitrogens is 2. The van der Waals surface area contributed by atoms with Crippen molar-refractivity contribution < 1.29 is 9.26 Å². The summed E-state index contributed by atoms with van der Waals surface area (Å²) < 4.78 is 11.3. The summed E-state index contributed by atoms with van der Waals surface area (Å²) in [5, 5.41) is 11.9. The molecular weight excluding hydrogens is 424 g/mol. The van der Waals surface area contributed by atoms with E-state index in [1.165, 1.54) is 56.9 Å². The quantitative estimate of drug-likeness (QED) is 0.236. The highest BCUT2D eigenvalue weighted by atomic mass is 35.5. The Hall–Kier alpha value is -1.92. The van der Waals surface area contributed by atoms with E-state index in [0.717, 1.165) is 50.4 Å². The molecule has 2 aliphatic carbocycles. The van der Waals surface area contributed by atoms with Crippen LogP contribution in [0, 0.1) is 11.3 Å². The van der Waals surface area contributed by atoms with E-state index < -0.39 is 5.41 Å². The zero-order chi connectivity index (χ0) is 21.5. The van der Waals surface area contributed by atoms with Crippen LogP contribution < -0.4 is 5.73 Å². The Balaban J connectivity index is 0.00000289. The van der Waals surface area contributed by atoms with Gasteiger partial charge in [-0.25, -0.2) is 0 Å². The molecule has 2 fully saturated rings. The number of nitrogens with two attached hydrogens (primary N) is 1. The lowest BCUT2D eigenvalue weighted by Crippen LogP contribution is -2.27. The average Bonchev–Trinajstić information content (AvgIpc) is 3.46. The number of halogens is 1. The van der Waals surface area contributed by atoms with Crippen molar-refractivity contribution in [1.82, 2.24) is 10.1 Å². The van der Waals surface area contributed by atoms with Gasteiger partial charge in [-0.05, 0) is 62.5 Å². The monoisotopic (exact) mass is 460 g/mol. The molecule has 176 valence electrons. The normalized spacial score (nSPS) is 17.6. The molecule has 1 aromatic carbocycles. The first kappa shape index (κ1) is 24.7. The van der Waals surface area contributed by atoms with Gasteiger partial charge in [0, 0.05) is 18.8 Å². The highest BCUT2D eigenvalue weighted by Crippen LogP contribution is 2.47. The molecule has 0 bridgehead atoms. The van der Waals surface area contributed by atoms with E-state index in [4.69, 9.17) is 20.4 Å². The van der Waals surface area contributed by atoms with Crippen LogP contribution in [0.15, 0.2) is 28.8 Å². The lowest BCUT2D eigenvalue weighted by molar-refractivity contribution is 0.0824. The van der Waals surface area contributed by atoms with E-state index >= 15 is 0 Å². The smallest absolute Gasteiger partial charge is 0.240 e. The van der Waals surface area contributed by atoms with E-state index in [1.54, 1.807) is 0 Å². The molecule has 2 aromatic rings. The van der Waals surface area contributed by atoms with Crippen LogP contribution in [0.4, 0.5) is 0 Å². The first-order valence-corrected chi connectivity index (χ1v) is 12.0. The lowest BCUT2D eigenvalue weighted by Gasteiger charge is -2.21. The summed E-state index contributed by atoms with van der Waals surface area (Å²) in [6.07, 6.45) is 14.4. The van der Waals surface area contributed by atoms with Gasteiger partial charge < -0.3 is 15.0 Å². The zero-order valence-corrected chi connectivity index (χ0v) is 19.8. The van der Waals surface area contributed by atoms with Gasteiger partial charge in [0.2, 0.25) is 11.7 Å². The van der Waals surface area contributed by atoms with Gasteiger partial charge in [0.1, 0.15) is 11.3 Å². The Morgan fingerprint density at radius 1 is 1.12 bits per heavy atom. The molecule has 7 heteroatoms. The number of hydrogen-bond acceptors (Lipinski definition) is 5. The lowest BCUT2D eigenvalue weighted by atomic mass is 9.90. The Morgan fingerprint density at radius 2 is 1.91 bits per heavy atom. The van der Waals surface area contributed by atoms with Gasteiger partial charge >= 0.3 is 0 Å². The van der Waals surface area contributed by atoms with Crippen LogP contribution in [0.5, 0.6) is 0 Å². The van der Waals surface area contributed by atoms with E-state index in [2.05, 4.69) is 28.3 Å². The number of unbranched alkanes of at least 4 members (excludes halogenated alkanes) is 3.